The first kappa shape index (κ1) is 18.3. The standard InChI is InChI=1S/C18H16BrClN4O2/c1-10-3-5-12(8-13(10)17-14(19)9-21-24(17)2)22-18(26)23-15-6-4-11(20)7-16(15)25/h3-9,25H,1-2H3,(H2,22,23,26). The van der Waals surface area contributed by atoms with Gasteiger partial charge in [-0.25, -0.2) is 4.79 Å². The van der Waals surface area contributed by atoms with Crippen LogP contribution in [0.5, 0.6) is 5.75 Å². The van der Waals surface area contributed by atoms with Gasteiger partial charge in [0.05, 0.1) is 22.1 Å². The Morgan fingerprint density at radius 2 is 2.00 bits per heavy atom. The molecule has 0 saturated heterocycles. The number of nitrogens with one attached hydrogen (secondary N) is 2. The van der Waals surface area contributed by atoms with E-state index in [9.17, 15) is 9.90 Å². The normalized spacial score (nSPS) is 10.6. The first-order chi connectivity index (χ1) is 12.3. The highest BCUT2D eigenvalue weighted by molar-refractivity contribution is 9.10. The molecule has 6 nitrogen and oxygen atoms in total. The lowest BCUT2D eigenvalue weighted by atomic mass is 10.0. The lowest BCUT2D eigenvalue weighted by Gasteiger charge is -2.12. The summed E-state index contributed by atoms with van der Waals surface area (Å²) in [4.78, 5) is 12.2. The van der Waals surface area contributed by atoms with Crippen LogP contribution < -0.4 is 10.6 Å². The van der Waals surface area contributed by atoms with Crippen LogP contribution in [0, 0.1) is 6.92 Å². The Morgan fingerprint density at radius 3 is 2.65 bits per heavy atom. The van der Waals surface area contributed by atoms with Crippen LogP contribution in [0.2, 0.25) is 5.02 Å². The number of amides is 2. The number of phenols is 1. The molecule has 2 aromatic carbocycles. The zero-order chi connectivity index (χ0) is 18.8. The molecule has 0 saturated carbocycles. The van der Waals surface area contributed by atoms with Gasteiger partial charge in [-0.1, -0.05) is 17.7 Å². The zero-order valence-electron chi connectivity index (χ0n) is 14.0. The van der Waals surface area contributed by atoms with Gasteiger partial charge >= 0.3 is 6.03 Å². The van der Waals surface area contributed by atoms with Crippen molar-refractivity contribution < 1.29 is 9.90 Å². The van der Waals surface area contributed by atoms with Crippen molar-refractivity contribution in [2.24, 2.45) is 7.05 Å². The third-order valence-corrected chi connectivity index (χ3v) is 4.67. The van der Waals surface area contributed by atoms with E-state index in [1.165, 1.54) is 12.1 Å². The second kappa shape index (κ2) is 7.39. The van der Waals surface area contributed by atoms with Crippen molar-refractivity contribution in [3.63, 3.8) is 0 Å². The van der Waals surface area contributed by atoms with Gasteiger partial charge in [0.1, 0.15) is 5.75 Å². The highest BCUT2D eigenvalue weighted by atomic mass is 79.9. The van der Waals surface area contributed by atoms with Gasteiger partial charge in [0.2, 0.25) is 0 Å². The largest absolute Gasteiger partial charge is 0.506 e. The van der Waals surface area contributed by atoms with Crippen LogP contribution in [-0.4, -0.2) is 20.9 Å². The Bertz CT molecular complexity index is 968. The molecule has 2 amide bonds. The van der Waals surface area contributed by atoms with Crippen molar-refractivity contribution in [3.8, 4) is 17.0 Å². The molecule has 3 aromatic rings. The third-order valence-electron chi connectivity index (χ3n) is 3.85. The maximum Gasteiger partial charge on any atom is 0.323 e. The average Bonchev–Trinajstić information content (AvgIpc) is 2.91. The molecule has 0 fully saturated rings. The van der Waals surface area contributed by atoms with E-state index in [1.54, 1.807) is 16.9 Å². The minimum atomic E-state index is -0.471. The van der Waals surface area contributed by atoms with Gasteiger partial charge in [-0.2, -0.15) is 5.10 Å². The number of hydrogen-bond acceptors (Lipinski definition) is 3. The summed E-state index contributed by atoms with van der Waals surface area (Å²) in [6.45, 7) is 1.99. The highest BCUT2D eigenvalue weighted by Crippen LogP contribution is 2.32. The van der Waals surface area contributed by atoms with Gasteiger partial charge in [0.25, 0.3) is 0 Å². The quantitative estimate of drug-likeness (QED) is 0.497. The fourth-order valence-electron chi connectivity index (χ4n) is 2.56. The molecule has 0 spiro atoms. The highest BCUT2D eigenvalue weighted by Gasteiger charge is 2.13. The molecule has 0 unspecified atom stereocenters. The minimum absolute atomic E-state index is 0.101. The number of phenolic OH excluding ortho intramolecular Hbond substituents is 1. The predicted octanol–water partition coefficient (Wildman–Crippen LogP) is 5.16. The Morgan fingerprint density at radius 1 is 1.23 bits per heavy atom. The topological polar surface area (TPSA) is 79.2 Å². The van der Waals surface area contributed by atoms with Crippen LogP contribution in [-0.2, 0) is 7.05 Å². The maximum absolute atomic E-state index is 12.2. The van der Waals surface area contributed by atoms with Crippen molar-refractivity contribution in [2.45, 2.75) is 6.92 Å². The van der Waals surface area contributed by atoms with Crippen LogP contribution >= 0.6 is 27.5 Å². The van der Waals surface area contributed by atoms with Crippen LogP contribution in [0.25, 0.3) is 11.3 Å². The summed E-state index contributed by atoms with van der Waals surface area (Å²) in [5.41, 5.74) is 3.81. The van der Waals surface area contributed by atoms with Crippen molar-refractivity contribution in [1.82, 2.24) is 9.78 Å². The SMILES string of the molecule is Cc1ccc(NC(=O)Nc2ccc(Cl)cc2O)cc1-c1c(Br)cnn1C. The fourth-order valence-corrected chi connectivity index (χ4v) is 3.29. The number of urea groups is 1. The molecule has 0 atom stereocenters. The number of rotatable bonds is 3. The molecule has 1 heterocycles. The van der Waals surface area contributed by atoms with E-state index in [1.807, 2.05) is 32.2 Å². The number of nitrogens with zero attached hydrogens (tertiary/aromatic N) is 2. The molecular weight excluding hydrogens is 420 g/mol. The number of hydrogen-bond donors (Lipinski definition) is 3. The summed E-state index contributed by atoms with van der Waals surface area (Å²) in [6, 6.07) is 9.61. The molecule has 26 heavy (non-hydrogen) atoms. The number of aromatic nitrogens is 2. The number of aryl methyl sites for hydroxylation is 2. The minimum Gasteiger partial charge on any atom is -0.506 e. The van der Waals surface area contributed by atoms with E-state index in [2.05, 4.69) is 31.7 Å². The summed E-state index contributed by atoms with van der Waals surface area (Å²) in [7, 11) is 1.86. The molecule has 1 aromatic heterocycles. The Hall–Kier alpha value is -2.51. The van der Waals surface area contributed by atoms with E-state index >= 15 is 0 Å². The van der Waals surface area contributed by atoms with Crippen molar-refractivity contribution in [1.29, 1.82) is 0 Å². The number of anilines is 2. The van der Waals surface area contributed by atoms with Crippen LogP contribution in [0.15, 0.2) is 47.1 Å². The van der Waals surface area contributed by atoms with Crippen LogP contribution in [0.3, 0.4) is 0 Å². The lowest BCUT2D eigenvalue weighted by Crippen LogP contribution is -2.19. The van der Waals surface area contributed by atoms with E-state index in [-0.39, 0.29) is 11.4 Å². The maximum atomic E-state index is 12.2. The van der Waals surface area contributed by atoms with Crippen molar-refractivity contribution >= 4 is 44.9 Å². The molecule has 0 radical (unpaired) electrons. The monoisotopic (exact) mass is 434 g/mol. The average molecular weight is 436 g/mol. The van der Waals surface area contributed by atoms with E-state index in [0.29, 0.717) is 10.7 Å². The molecule has 8 heteroatoms. The second-order valence-electron chi connectivity index (χ2n) is 5.74. The molecular formula is C18H16BrClN4O2. The molecule has 3 N–H and O–H groups in total. The molecule has 0 bridgehead atoms. The van der Waals surface area contributed by atoms with Gasteiger partial charge < -0.3 is 15.7 Å². The Kier molecular flexibility index (Phi) is 5.20. The van der Waals surface area contributed by atoms with Gasteiger partial charge in [-0.05, 0) is 52.7 Å². The van der Waals surface area contributed by atoms with E-state index < -0.39 is 6.03 Å². The van der Waals surface area contributed by atoms with Crippen LogP contribution in [0.4, 0.5) is 16.2 Å². The molecule has 3 rings (SSSR count). The summed E-state index contributed by atoms with van der Waals surface area (Å²) in [5.74, 6) is -0.101. The van der Waals surface area contributed by atoms with Gasteiger partial charge in [-0.3, -0.25) is 4.68 Å². The summed E-state index contributed by atoms with van der Waals surface area (Å²) >= 11 is 9.29. The van der Waals surface area contributed by atoms with Gasteiger partial charge in [0, 0.05) is 29.4 Å². The van der Waals surface area contributed by atoms with Crippen LogP contribution in [0.1, 0.15) is 5.56 Å². The first-order valence-electron chi connectivity index (χ1n) is 7.70. The predicted molar refractivity (Wildman–Crippen MR) is 107 cm³/mol. The first-order valence-corrected chi connectivity index (χ1v) is 8.87. The number of carbonyl (C=O) groups excluding carboxylic acids is 1. The molecule has 134 valence electrons. The number of halogens is 2. The molecule has 0 aliphatic rings. The summed E-state index contributed by atoms with van der Waals surface area (Å²) in [6.07, 6.45) is 1.73. The Balaban J connectivity index is 1.82. The third kappa shape index (κ3) is 3.84. The summed E-state index contributed by atoms with van der Waals surface area (Å²) < 4.78 is 2.64. The second-order valence-corrected chi connectivity index (χ2v) is 7.03. The van der Waals surface area contributed by atoms with E-state index in [4.69, 9.17) is 11.6 Å². The van der Waals surface area contributed by atoms with E-state index in [0.717, 1.165) is 21.3 Å². The fraction of sp³-hybridized carbons (Fsp3) is 0.111. The lowest BCUT2D eigenvalue weighted by molar-refractivity contribution is 0.262. The number of aromatic hydroxyl groups is 1. The Labute approximate surface area is 163 Å². The molecule has 0 aliphatic carbocycles. The number of benzene rings is 2. The van der Waals surface area contributed by atoms with Crippen molar-refractivity contribution in [3.05, 3.63) is 57.7 Å². The smallest absolute Gasteiger partial charge is 0.323 e. The summed E-state index contributed by atoms with van der Waals surface area (Å²) in [5, 5.41) is 19.8. The zero-order valence-corrected chi connectivity index (χ0v) is 16.4. The van der Waals surface area contributed by atoms with Crippen molar-refractivity contribution in [2.75, 3.05) is 10.6 Å². The molecule has 0 aliphatic heterocycles. The van der Waals surface area contributed by atoms with Gasteiger partial charge in [0.15, 0.2) is 0 Å². The number of carbonyl (C=O) groups is 1. The van der Waals surface area contributed by atoms with Gasteiger partial charge in [-0.15, -0.1) is 0 Å².